The lowest BCUT2D eigenvalue weighted by molar-refractivity contribution is 0.103. The highest BCUT2D eigenvalue weighted by Crippen LogP contribution is 2.20. The first-order valence-corrected chi connectivity index (χ1v) is 8.82. The number of anilines is 1. The van der Waals surface area contributed by atoms with Crippen LogP contribution in [0.3, 0.4) is 0 Å². The van der Waals surface area contributed by atoms with Gasteiger partial charge in [-0.1, -0.05) is 59.3 Å². The molecule has 26 heavy (non-hydrogen) atoms. The van der Waals surface area contributed by atoms with Crippen LogP contribution in [0.2, 0.25) is 5.02 Å². The maximum absolute atomic E-state index is 12.4. The molecule has 8 heteroatoms. The van der Waals surface area contributed by atoms with Crippen LogP contribution in [0.5, 0.6) is 0 Å². The van der Waals surface area contributed by atoms with Crippen LogP contribution >= 0.6 is 22.9 Å². The van der Waals surface area contributed by atoms with Crippen LogP contribution in [-0.2, 0) is 0 Å². The highest BCUT2D eigenvalue weighted by molar-refractivity contribution is 7.18. The van der Waals surface area contributed by atoms with Crippen LogP contribution in [0.4, 0.5) is 5.69 Å². The number of halogens is 1. The maximum Gasteiger partial charge on any atom is 0.300 e. The summed E-state index contributed by atoms with van der Waals surface area (Å²) in [4.78, 5) is 29.5. The van der Waals surface area contributed by atoms with E-state index in [1.165, 1.54) is 4.52 Å². The van der Waals surface area contributed by atoms with E-state index in [1.54, 1.807) is 42.6 Å². The Kier molecular flexibility index (Phi) is 4.24. The SMILES string of the molecule is O=C(Nc1cccc(Cl)c1)c1cn2nc(-c3ccccc3)c(=O)nc2s1. The van der Waals surface area contributed by atoms with Crippen molar-refractivity contribution in [2.24, 2.45) is 0 Å². The van der Waals surface area contributed by atoms with Gasteiger partial charge in [0, 0.05) is 16.3 Å². The van der Waals surface area contributed by atoms with Crippen LogP contribution in [0.1, 0.15) is 9.67 Å². The highest BCUT2D eigenvalue weighted by Gasteiger charge is 2.15. The van der Waals surface area contributed by atoms with Gasteiger partial charge in [-0.15, -0.1) is 0 Å². The number of nitrogens with zero attached hydrogens (tertiary/aromatic N) is 3. The fourth-order valence-electron chi connectivity index (χ4n) is 2.41. The molecule has 4 rings (SSSR count). The van der Waals surface area contributed by atoms with E-state index >= 15 is 0 Å². The van der Waals surface area contributed by atoms with Crippen LogP contribution < -0.4 is 10.9 Å². The minimum Gasteiger partial charge on any atom is -0.321 e. The average Bonchev–Trinajstić information content (AvgIpc) is 3.05. The van der Waals surface area contributed by atoms with Crippen molar-refractivity contribution in [1.29, 1.82) is 0 Å². The van der Waals surface area contributed by atoms with Crippen molar-refractivity contribution < 1.29 is 4.79 Å². The number of hydrogen-bond donors (Lipinski definition) is 1. The molecule has 0 aliphatic rings. The number of thiazole rings is 1. The molecule has 128 valence electrons. The van der Waals surface area contributed by atoms with Gasteiger partial charge >= 0.3 is 5.56 Å². The smallest absolute Gasteiger partial charge is 0.300 e. The van der Waals surface area contributed by atoms with Gasteiger partial charge in [0.05, 0.1) is 6.20 Å². The van der Waals surface area contributed by atoms with Gasteiger partial charge in [-0.3, -0.25) is 9.59 Å². The fraction of sp³-hybridized carbons (Fsp3) is 0. The molecule has 4 aromatic rings. The predicted molar refractivity (Wildman–Crippen MR) is 102 cm³/mol. The zero-order chi connectivity index (χ0) is 18.1. The van der Waals surface area contributed by atoms with Crippen LogP contribution in [-0.4, -0.2) is 20.5 Å². The molecule has 0 saturated heterocycles. The van der Waals surface area contributed by atoms with Crippen molar-refractivity contribution in [3.63, 3.8) is 0 Å². The number of rotatable bonds is 3. The molecule has 0 radical (unpaired) electrons. The van der Waals surface area contributed by atoms with Crippen molar-refractivity contribution >= 4 is 39.5 Å². The predicted octanol–water partition coefficient (Wildman–Crippen LogP) is 3.72. The van der Waals surface area contributed by atoms with Crippen molar-refractivity contribution in [1.82, 2.24) is 14.6 Å². The number of nitrogens with one attached hydrogen (secondary N) is 1. The van der Waals surface area contributed by atoms with Crippen molar-refractivity contribution in [2.45, 2.75) is 0 Å². The molecule has 0 bridgehead atoms. The van der Waals surface area contributed by atoms with E-state index in [9.17, 15) is 9.59 Å². The molecule has 1 amide bonds. The van der Waals surface area contributed by atoms with Crippen molar-refractivity contribution in [3.05, 3.63) is 81.0 Å². The first kappa shape index (κ1) is 16.4. The lowest BCUT2D eigenvalue weighted by Gasteiger charge is -2.02. The van der Waals surface area contributed by atoms with Crippen molar-refractivity contribution in [2.75, 3.05) is 5.32 Å². The third-order valence-corrected chi connectivity index (χ3v) is 4.80. The molecular formula is C18H11ClN4O2S. The Morgan fingerprint density at radius 2 is 1.92 bits per heavy atom. The summed E-state index contributed by atoms with van der Waals surface area (Å²) in [7, 11) is 0. The third-order valence-electron chi connectivity index (χ3n) is 3.60. The first-order chi connectivity index (χ1) is 12.6. The highest BCUT2D eigenvalue weighted by atomic mass is 35.5. The molecule has 2 aromatic heterocycles. The Balaban J connectivity index is 1.69. The van der Waals surface area contributed by atoms with Crippen LogP contribution in [0, 0.1) is 0 Å². The van der Waals surface area contributed by atoms with E-state index in [1.807, 2.05) is 18.2 Å². The molecule has 0 aliphatic heterocycles. The molecule has 0 spiro atoms. The van der Waals surface area contributed by atoms with E-state index in [0.29, 0.717) is 26.1 Å². The van der Waals surface area contributed by atoms with E-state index in [-0.39, 0.29) is 11.6 Å². The monoisotopic (exact) mass is 382 g/mol. The van der Waals surface area contributed by atoms with Gasteiger partial charge in [-0.25, -0.2) is 4.52 Å². The van der Waals surface area contributed by atoms with Gasteiger partial charge in [-0.2, -0.15) is 10.1 Å². The Morgan fingerprint density at radius 1 is 1.12 bits per heavy atom. The van der Waals surface area contributed by atoms with Crippen LogP contribution in [0.25, 0.3) is 16.2 Å². The van der Waals surface area contributed by atoms with Gasteiger partial charge in [0.1, 0.15) is 4.88 Å². The standard InChI is InChI=1S/C18H11ClN4O2S/c19-12-7-4-8-13(9-12)20-16(24)14-10-23-18(26-14)21-17(25)15(22-23)11-5-2-1-3-6-11/h1-10H,(H,20,24). The van der Waals surface area contributed by atoms with E-state index < -0.39 is 5.56 Å². The Bertz CT molecular complexity index is 1170. The molecule has 0 atom stereocenters. The number of carbonyl (C=O) groups excluding carboxylic acids is 1. The van der Waals surface area contributed by atoms with Crippen LogP contribution in [0.15, 0.2) is 65.6 Å². The largest absolute Gasteiger partial charge is 0.321 e. The number of carbonyl (C=O) groups is 1. The molecule has 0 aliphatic carbocycles. The zero-order valence-corrected chi connectivity index (χ0v) is 14.8. The second-order valence-electron chi connectivity index (χ2n) is 5.42. The molecule has 0 saturated carbocycles. The third kappa shape index (κ3) is 3.22. The number of benzene rings is 2. The van der Waals surface area contributed by atoms with Gasteiger partial charge in [0.15, 0.2) is 5.69 Å². The second-order valence-corrected chi connectivity index (χ2v) is 6.86. The molecule has 0 unspecified atom stereocenters. The zero-order valence-electron chi connectivity index (χ0n) is 13.2. The second kappa shape index (κ2) is 6.70. The first-order valence-electron chi connectivity index (χ1n) is 7.63. The van der Waals surface area contributed by atoms with Gasteiger partial charge in [-0.05, 0) is 18.2 Å². The number of aromatic nitrogens is 3. The number of hydrogen-bond acceptors (Lipinski definition) is 5. The number of fused-ring (bicyclic) bond motifs is 1. The normalized spacial score (nSPS) is 10.8. The summed E-state index contributed by atoms with van der Waals surface area (Å²) in [6.45, 7) is 0. The molecule has 6 nitrogen and oxygen atoms in total. The number of amides is 1. The fourth-order valence-corrected chi connectivity index (χ4v) is 3.41. The summed E-state index contributed by atoms with van der Waals surface area (Å²) >= 11 is 7.02. The molecule has 0 fully saturated rings. The molecule has 1 N–H and O–H groups in total. The van der Waals surface area contributed by atoms with E-state index in [4.69, 9.17) is 11.6 Å². The van der Waals surface area contributed by atoms with Gasteiger partial charge in [0.25, 0.3) is 5.91 Å². The lowest BCUT2D eigenvalue weighted by atomic mass is 10.2. The molecular weight excluding hydrogens is 372 g/mol. The minimum atomic E-state index is -0.431. The summed E-state index contributed by atoms with van der Waals surface area (Å²) in [5.41, 5.74) is 1.07. The van der Waals surface area contributed by atoms with Crippen molar-refractivity contribution in [3.8, 4) is 11.3 Å². The maximum atomic E-state index is 12.4. The summed E-state index contributed by atoms with van der Waals surface area (Å²) in [5, 5.41) is 7.61. The molecule has 2 heterocycles. The summed E-state index contributed by atoms with van der Waals surface area (Å²) in [6.07, 6.45) is 1.55. The van der Waals surface area contributed by atoms with Gasteiger partial charge in [0.2, 0.25) is 4.96 Å². The Hall–Kier alpha value is -3.03. The summed E-state index contributed by atoms with van der Waals surface area (Å²) < 4.78 is 1.45. The summed E-state index contributed by atoms with van der Waals surface area (Å²) in [5.74, 6) is -0.321. The topological polar surface area (TPSA) is 76.4 Å². The Labute approximate surface area is 156 Å². The van der Waals surface area contributed by atoms with E-state index in [0.717, 1.165) is 11.3 Å². The lowest BCUT2D eigenvalue weighted by Crippen LogP contribution is -2.14. The Morgan fingerprint density at radius 3 is 2.69 bits per heavy atom. The molecule has 2 aromatic carbocycles. The van der Waals surface area contributed by atoms with E-state index in [2.05, 4.69) is 15.4 Å². The quantitative estimate of drug-likeness (QED) is 0.585. The minimum absolute atomic E-state index is 0.239. The summed E-state index contributed by atoms with van der Waals surface area (Å²) in [6, 6.07) is 15.9. The van der Waals surface area contributed by atoms with Gasteiger partial charge < -0.3 is 5.32 Å². The average molecular weight is 383 g/mol.